The molecule has 0 unspecified atom stereocenters. The van der Waals surface area contributed by atoms with Gasteiger partial charge in [-0.1, -0.05) is 243 Å². The number of pyridine rings is 1. The van der Waals surface area contributed by atoms with Crippen LogP contribution < -0.4 is 0 Å². The molecule has 5 heterocycles. The van der Waals surface area contributed by atoms with Crippen molar-refractivity contribution in [1.82, 2.24) is 33.7 Å². The Morgan fingerprint density at radius 1 is 0.315 bits per heavy atom. The second-order valence-corrected chi connectivity index (χ2v) is 25.5. The molecule has 0 spiro atoms. The van der Waals surface area contributed by atoms with E-state index in [9.17, 15) is 0 Å². The van der Waals surface area contributed by atoms with Crippen LogP contribution in [0.5, 0.6) is 0 Å². The molecule has 0 aliphatic rings. The van der Waals surface area contributed by atoms with Crippen molar-refractivity contribution in [3.05, 3.63) is 292 Å². The maximum Gasteiger partial charge on any atom is 0.102 e. The quantitative estimate of drug-likeness (QED) is 0.135. The van der Waals surface area contributed by atoms with E-state index < -0.39 is 0 Å². The Morgan fingerprint density at radius 2 is 0.696 bits per heavy atom. The zero-order chi connectivity index (χ0) is 60.8. The molecule has 0 atom stereocenters. The van der Waals surface area contributed by atoms with Crippen LogP contribution in [0.15, 0.2) is 255 Å². The van der Waals surface area contributed by atoms with Crippen molar-refractivity contribution in [3.8, 4) is 100 Å². The Balaban J connectivity index is 0.00000367. The molecule has 0 aliphatic carbocycles. The molecule has 92 heavy (non-hydrogen) atoms. The Bertz CT molecular complexity index is 5260. The number of hydrogen-bond acceptors (Lipinski definition) is 5. The number of hydrogen-bond donors (Lipinski definition) is 0. The van der Waals surface area contributed by atoms with Crippen LogP contribution in [-0.2, 0) is 30.9 Å². The van der Waals surface area contributed by atoms with Gasteiger partial charge in [0, 0.05) is 37.1 Å². The van der Waals surface area contributed by atoms with Gasteiger partial charge in [0.2, 0.25) is 0 Å². The van der Waals surface area contributed by atoms with Gasteiger partial charge < -0.3 is 21.2 Å². The predicted octanol–water partition coefficient (Wildman–Crippen LogP) is 21.2. The van der Waals surface area contributed by atoms with Crippen LogP contribution in [0.25, 0.3) is 155 Å². The number of aromatic nitrogens is 7. The topological polar surface area (TPSA) is 73.3 Å². The van der Waals surface area contributed by atoms with Crippen molar-refractivity contribution < 1.29 is 20.1 Å². The van der Waals surface area contributed by atoms with Gasteiger partial charge in [-0.2, -0.15) is 0 Å². The van der Waals surface area contributed by atoms with Crippen LogP contribution in [0.3, 0.4) is 0 Å². The summed E-state index contributed by atoms with van der Waals surface area (Å²) in [4.78, 5) is 26.1. The SMILES string of the molecule is CC(C)(C)c1nc2cc(-c3ccccc3-c3cc(-c4ccccc4-c4c[c-]c(-c5cc(-c6ccc(-c7ccccc7)cc6)ccn5)cc4)cc(-c4ccccc4-c4c[c-]c5c(c4)nc(C(C)(C)C)n4c6ccccc6nc54)c3)c[c-]c2c2nc3ccccc3n12.[CH3-].[Ir]. The van der Waals surface area contributed by atoms with E-state index in [-0.39, 0.29) is 38.4 Å². The van der Waals surface area contributed by atoms with Crippen LogP contribution in [0.2, 0.25) is 0 Å². The molecule has 8 heteroatoms. The molecular formula is C84H63IrN7-4. The van der Waals surface area contributed by atoms with Gasteiger partial charge in [0.1, 0.15) is 11.6 Å². The fraction of sp³-hybridized carbons (Fsp3) is 0.0952. The second-order valence-electron chi connectivity index (χ2n) is 25.5. The smallest absolute Gasteiger partial charge is 0.102 e. The number of imidazole rings is 2. The van der Waals surface area contributed by atoms with Gasteiger partial charge in [0.15, 0.2) is 0 Å². The summed E-state index contributed by atoms with van der Waals surface area (Å²) in [6, 6.07) is 99.5. The van der Waals surface area contributed by atoms with E-state index in [0.717, 1.165) is 156 Å². The number of fused-ring (bicyclic) bond motifs is 10. The zero-order valence-corrected chi connectivity index (χ0v) is 54.6. The largest absolute Gasteiger partial charge is 0.358 e. The molecule has 0 saturated carbocycles. The van der Waals surface area contributed by atoms with E-state index in [0.29, 0.717) is 0 Å². The van der Waals surface area contributed by atoms with Crippen LogP contribution in [0.1, 0.15) is 53.2 Å². The van der Waals surface area contributed by atoms with Gasteiger partial charge >= 0.3 is 0 Å². The summed E-state index contributed by atoms with van der Waals surface area (Å²) in [6.45, 7) is 13.3. The summed E-state index contributed by atoms with van der Waals surface area (Å²) in [7, 11) is 0. The third-order valence-electron chi connectivity index (χ3n) is 17.4. The van der Waals surface area contributed by atoms with Gasteiger partial charge in [-0.05, 0) is 121 Å². The Morgan fingerprint density at radius 3 is 1.14 bits per heavy atom. The maximum atomic E-state index is 5.45. The summed E-state index contributed by atoms with van der Waals surface area (Å²) in [5.41, 5.74) is 26.0. The van der Waals surface area contributed by atoms with Crippen molar-refractivity contribution in [3.63, 3.8) is 0 Å². The van der Waals surface area contributed by atoms with Crippen LogP contribution in [-0.4, -0.2) is 33.7 Å². The molecule has 0 amide bonds. The van der Waals surface area contributed by atoms with Crippen LogP contribution in [0.4, 0.5) is 0 Å². The summed E-state index contributed by atoms with van der Waals surface area (Å²) >= 11 is 0. The molecule has 11 aromatic carbocycles. The molecule has 16 aromatic rings. The molecule has 5 aromatic heterocycles. The van der Waals surface area contributed by atoms with E-state index in [2.05, 4.69) is 299 Å². The first-order chi connectivity index (χ1) is 43.9. The minimum atomic E-state index is -0.272. The summed E-state index contributed by atoms with van der Waals surface area (Å²) < 4.78 is 4.44. The molecule has 0 bridgehead atoms. The third-order valence-corrected chi connectivity index (χ3v) is 17.4. The minimum Gasteiger partial charge on any atom is -0.358 e. The first-order valence-electron chi connectivity index (χ1n) is 30.7. The van der Waals surface area contributed by atoms with Crippen LogP contribution in [0, 0.1) is 25.6 Å². The monoisotopic (exact) mass is 1360 g/mol. The molecule has 1 radical (unpaired) electrons. The van der Waals surface area contributed by atoms with Gasteiger partial charge in [-0.25, -0.2) is 0 Å². The second kappa shape index (κ2) is 23.4. The Hall–Kier alpha value is -10.5. The molecule has 0 fully saturated rings. The van der Waals surface area contributed by atoms with Crippen molar-refractivity contribution in [2.45, 2.75) is 52.4 Å². The number of nitrogens with zero attached hydrogens (tertiary/aromatic N) is 7. The van der Waals surface area contributed by atoms with Crippen molar-refractivity contribution in [2.75, 3.05) is 0 Å². The van der Waals surface area contributed by atoms with E-state index in [1.54, 1.807) is 0 Å². The van der Waals surface area contributed by atoms with Crippen LogP contribution >= 0.6 is 0 Å². The van der Waals surface area contributed by atoms with Crippen molar-refractivity contribution in [2.24, 2.45) is 0 Å². The number of rotatable bonds is 9. The third kappa shape index (κ3) is 10.5. The molecule has 0 N–H and O–H groups in total. The Labute approximate surface area is 550 Å². The normalized spacial score (nSPS) is 11.8. The van der Waals surface area contributed by atoms with Crippen molar-refractivity contribution >= 4 is 55.2 Å². The van der Waals surface area contributed by atoms with E-state index >= 15 is 0 Å². The number of benzene rings is 11. The Kier molecular flexibility index (Phi) is 15.0. The summed E-state index contributed by atoms with van der Waals surface area (Å²) in [5, 5.41) is 1.77. The molecule has 7 nitrogen and oxygen atoms in total. The first kappa shape index (κ1) is 59.1. The molecule has 16 rings (SSSR count). The average Bonchev–Trinajstić information content (AvgIpc) is 1.52. The predicted molar refractivity (Wildman–Crippen MR) is 377 cm³/mol. The average molecular weight is 1360 g/mol. The van der Waals surface area contributed by atoms with E-state index in [4.69, 9.17) is 24.9 Å². The zero-order valence-electron chi connectivity index (χ0n) is 52.2. The standard InChI is InChI=1S/C83H60N7.CH3.Ir/c1-82(2,3)80-87-74-50-58(40-42-69(74)78-85-71-28-16-18-30-76(71)89(78)80)64-23-11-14-26-67(64)61-46-60(66-25-13-10-22-63(66)55-36-38-56(39-37-55)73-49-57(44-45-84-73)54-34-32-53(33-35-54)52-20-8-7-9-21-52)47-62(48-61)68-27-15-12-24-65(68)59-41-43-70-75(51-59)88-81(83(4,5)6)90-77-31-19-17-29-72(77)86-79(70)90;;/h7-38,40-41,44-51H,1-6H3;1H3;/q-3;-1;. The van der Waals surface area contributed by atoms with Crippen molar-refractivity contribution in [1.29, 1.82) is 0 Å². The summed E-state index contributed by atoms with van der Waals surface area (Å²) in [6.07, 6.45) is 1.89. The molecule has 0 saturated heterocycles. The first-order valence-corrected chi connectivity index (χ1v) is 30.7. The van der Waals surface area contributed by atoms with Gasteiger partial charge in [-0.3, -0.25) is 19.9 Å². The molecule has 447 valence electrons. The van der Waals surface area contributed by atoms with E-state index in [1.807, 2.05) is 24.4 Å². The van der Waals surface area contributed by atoms with Gasteiger partial charge in [0.05, 0.1) is 33.4 Å². The summed E-state index contributed by atoms with van der Waals surface area (Å²) in [5.74, 6) is 1.90. The minimum absolute atomic E-state index is 0. The van der Waals surface area contributed by atoms with Gasteiger partial charge in [-0.15, -0.1) is 66.2 Å². The number of para-hydroxylation sites is 4. The maximum absolute atomic E-state index is 5.45. The fourth-order valence-corrected chi connectivity index (χ4v) is 13.0. The molecule has 0 aliphatic heterocycles. The fourth-order valence-electron chi connectivity index (χ4n) is 13.0. The van der Waals surface area contributed by atoms with Gasteiger partial charge in [0.25, 0.3) is 0 Å². The molecular weight excluding hydrogens is 1300 g/mol. The van der Waals surface area contributed by atoms with E-state index in [1.165, 1.54) is 11.1 Å².